The van der Waals surface area contributed by atoms with E-state index in [1.165, 1.54) is 5.56 Å². The monoisotopic (exact) mass is 231 g/mol. The van der Waals surface area contributed by atoms with Crippen molar-refractivity contribution in [2.24, 2.45) is 0 Å². The third-order valence-electron chi connectivity index (χ3n) is 2.38. The lowest BCUT2D eigenvalue weighted by molar-refractivity contribution is 0.490. The van der Waals surface area contributed by atoms with Gasteiger partial charge >= 0.3 is 0 Å². The van der Waals surface area contributed by atoms with Gasteiger partial charge in [-0.2, -0.15) is 11.3 Å². The Kier molecular flexibility index (Phi) is 6.24. The Morgan fingerprint density at radius 2 is 2.43 bits per heavy atom. The van der Waals surface area contributed by atoms with Gasteiger partial charge in [0.15, 0.2) is 0 Å². The summed E-state index contributed by atoms with van der Waals surface area (Å²) in [4.78, 5) is 0. The smallest absolute Gasteiger partial charge is 0.0238 e. The van der Waals surface area contributed by atoms with Crippen molar-refractivity contribution in [1.29, 1.82) is 0 Å². The van der Waals surface area contributed by atoms with Crippen molar-refractivity contribution >= 4 is 22.9 Å². The highest BCUT2D eigenvalue weighted by Gasteiger charge is 2.03. The zero-order chi connectivity index (χ0) is 10.2. The summed E-state index contributed by atoms with van der Waals surface area (Å²) in [5.41, 5.74) is 1.43. The number of nitrogens with one attached hydrogen (secondary N) is 1. The molecular formula is C11H18ClNS. The molecule has 1 unspecified atom stereocenters. The molecule has 0 aliphatic rings. The molecule has 0 aromatic carbocycles. The first kappa shape index (κ1) is 12.0. The molecule has 0 bridgehead atoms. The maximum absolute atomic E-state index is 5.72. The third-order valence-corrected chi connectivity index (χ3v) is 3.33. The van der Waals surface area contributed by atoms with Crippen LogP contribution in [0.15, 0.2) is 16.8 Å². The Balaban J connectivity index is 2.13. The molecule has 0 amide bonds. The molecule has 80 valence electrons. The van der Waals surface area contributed by atoms with Crippen molar-refractivity contribution in [2.45, 2.75) is 32.2 Å². The zero-order valence-corrected chi connectivity index (χ0v) is 10.2. The molecule has 0 aliphatic carbocycles. The van der Waals surface area contributed by atoms with Crippen LogP contribution in [0.2, 0.25) is 0 Å². The second-order valence-corrected chi connectivity index (χ2v) is 4.58. The Bertz CT molecular complexity index is 223. The maximum Gasteiger partial charge on any atom is 0.0238 e. The van der Waals surface area contributed by atoms with Crippen LogP contribution in [0.1, 0.15) is 25.3 Å². The van der Waals surface area contributed by atoms with Gasteiger partial charge in [-0.1, -0.05) is 6.92 Å². The second kappa shape index (κ2) is 7.27. The Labute approximate surface area is 95.5 Å². The number of hydrogen-bond acceptors (Lipinski definition) is 2. The topological polar surface area (TPSA) is 12.0 Å². The van der Waals surface area contributed by atoms with Gasteiger partial charge in [0.05, 0.1) is 0 Å². The molecule has 0 saturated heterocycles. The standard InChI is InChI=1S/C11H18ClNS/c1-2-11(3-6-12)13-7-4-10-5-8-14-9-10/h5,8-9,11,13H,2-4,6-7H2,1H3. The van der Waals surface area contributed by atoms with Crippen molar-refractivity contribution in [3.8, 4) is 0 Å². The quantitative estimate of drug-likeness (QED) is 0.711. The fourth-order valence-electron chi connectivity index (χ4n) is 1.44. The molecule has 1 nitrogen and oxygen atoms in total. The molecule has 0 spiro atoms. The highest BCUT2D eigenvalue weighted by Crippen LogP contribution is 2.06. The minimum atomic E-state index is 0.589. The molecule has 1 aromatic rings. The van der Waals surface area contributed by atoms with Crippen molar-refractivity contribution in [3.05, 3.63) is 22.4 Å². The summed E-state index contributed by atoms with van der Waals surface area (Å²) >= 11 is 7.48. The highest BCUT2D eigenvalue weighted by molar-refractivity contribution is 7.07. The van der Waals surface area contributed by atoms with Gasteiger partial charge in [0.1, 0.15) is 0 Å². The summed E-state index contributed by atoms with van der Waals surface area (Å²) in [6, 6.07) is 2.78. The van der Waals surface area contributed by atoms with Gasteiger partial charge in [0.2, 0.25) is 0 Å². The summed E-state index contributed by atoms with van der Waals surface area (Å²) in [5.74, 6) is 0.754. The zero-order valence-electron chi connectivity index (χ0n) is 8.63. The van der Waals surface area contributed by atoms with Crippen LogP contribution in [0.25, 0.3) is 0 Å². The van der Waals surface area contributed by atoms with Gasteiger partial charge in [0.25, 0.3) is 0 Å². The van der Waals surface area contributed by atoms with Crippen LogP contribution in [-0.2, 0) is 6.42 Å². The summed E-state index contributed by atoms with van der Waals surface area (Å²) in [6.07, 6.45) is 3.36. The summed E-state index contributed by atoms with van der Waals surface area (Å²) < 4.78 is 0. The predicted octanol–water partition coefficient (Wildman–Crippen LogP) is 3.29. The molecule has 0 aliphatic heterocycles. The Hall–Kier alpha value is -0.0500. The van der Waals surface area contributed by atoms with E-state index in [0.717, 1.165) is 31.7 Å². The third kappa shape index (κ3) is 4.45. The van der Waals surface area contributed by atoms with E-state index < -0.39 is 0 Å². The molecule has 1 heterocycles. The Morgan fingerprint density at radius 3 is 3.00 bits per heavy atom. The van der Waals surface area contributed by atoms with Crippen LogP contribution in [0, 0.1) is 0 Å². The number of alkyl halides is 1. The maximum atomic E-state index is 5.72. The first-order chi connectivity index (χ1) is 6.86. The van der Waals surface area contributed by atoms with Crippen molar-refractivity contribution < 1.29 is 0 Å². The fourth-order valence-corrected chi connectivity index (χ4v) is 2.40. The van der Waals surface area contributed by atoms with E-state index in [9.17, 15) is 0 Å². The van der Waals surface area contributed by atoms with Crippen LogP contribution in [0.4, 0.5) is 0 Å². The summed E-state index contributed by atoms with van der Waals surface area (Å²) in [5, 5.41) is 7.87. The Morgan fingerprint density at radius 1 is 1.57 bits per heavy atom. The van der Waals surface area contributed by atoms with Gasteiger partial charge in [-0.15, -0.1) is 11.6 Å². The molecule has 1 rings (SSSR count). The van der Waals surface area contributed by atoms with Crippen molar-refractivity contribution in [3.63, 3.8) is 0 Å². The normalized spacial score (nSPS) is 13.0. The van der Waals surface area contributed by atoms with Gasteiger partial charge < -0.3 is 5.32 Å². The largest absolute Gasteiger partial charge is 0.314 e. The minimum absolute atomic E-state index is 0.589. The molecule has 14 heavy (non-hydrogen) atoms. The van der Waals surface area contributed by atoms with Crippen LogP contribution in [-0.4, -0.2) is 18.5 Å². The van der Waals surface area contributed by atoms with Gasteiger partial charge in [-0.05, 0) is 48.2 Å². The van der Waals surface area contributed by atoms with E-state index in [2.05, 4.69) is 29.1 Å². The molecule has 1 aromatic heterocycles. The van der Waals surface area contributed by atoms with E-state index in [-0.39, 0.29) is 0 Å². The van der Waals surface area contributed by atoms with Crippen LogP contribution in [0.3, 0.4) is 0 Å². The van der Waals surface area contributed by atoms with E-state index >= 15 is 0 Å². The van der Waals surface area contributed by atoms with E-state index in [4.69, 9.17) is 11.6 Å². The molecular weight excluding hydrogens is 214 g/mol. The van der Waals surface area contributed by atoms with Crippen molar-refractivity contribution in [2.75, 3.05) is 12.4 Å². The fraction of sp³-hybridized carbons (Fsp3) is 0.636. The lowest BCUT2D eigenvalue weighted by Gasteiger charge is -2.14. The predicted molar refractivity (Wildman–Crippen MR) is 65.4 cm³/mol. The lowest BCUT2D eigenvalue weighted by atomic mass is 10.1. The van der Waals surface area contributed by atoms with Gasteiger partial charge in [-0.25, -0.2) is 0 Å². The highest BCUT2D eigenvalue weighted by atomic mass is 35.5. The molecule has 3 heteroatoms. The molecule has 0 fully saturated rings. The van der Waals surface area contributed by atoms with Crippen molar-refractivity contribution in [1.82, 2.24) is 5.32 Å². The van der Waals surface area contributed by atoms with Crippen LogP contribution in [0.5, 0.6) is 0 Å². The molecule has 1 N–H and O–H groups in total. The van der Waals surface area contributed by atoms with E-state index in [0.29, 0.717) is 6.04 Å². The first-order valence-corrected chi connectivity index (χ1v) is 6.65. The number of hydrogen-bond donors (Lipinski definition) is 1. The SMILES string of the molecule is CCC(CCCl)NCCc1ccsc1. The lowest BCUT2D eigenvalue weighted by Crippen LogP contribution is -2.30. The van der Waals surface area contributed by atoms with Crippen LogP contribution < -0.4 is 5.32 Å². The molecule has 0 saturated carbocycles. The average Bonchev–Trinajstić information content (AvgIpc) is 2.69. The summed E-state index contributed by atoms with van der Waals surface area (Å²) in [6.45, 7) is 3.26. The number of halogens is 1. The van der Waals surface area contributed by atoms with E-state index in [1.807, 2.05) is 0 Å². The second-order valence-electron chi connectivity index (χ2n) is 3.42. The molecule has 0 radical (unpaired) electrons. The molecule has 1 atom stereocenters. The number of thiophene rings is 1. The summed E-state index contributed by atoms with van der Waals surface area (Å²) in [7, 11) is 0. The van der Waals surface area contributed by atoms with Gasteiger partial charge in [-0.3, -0.25) is 0 Å². The minimum Gasteiger partial charge on any atom is -0.314 e. The van der Waals surface area contributed by atoms with Crippen LogP contribution >= 0.6 is 22.9 Å². The van der Waals surface area contributed by atoms with Gasteiger partial charge in [0, 0.05) is 11.9 Å². The van der Waals surface area contributed by atoms with E-state index in [1.54, 1.807) is 11.3 Å². The first-order valence-electron chi connectivity index (χ1n) is 5.17. The average molecular weight is 232 g/mol. The number of rotatable bonds is 7.